The van der Waals surface area contributed by atoms with Crippen LogP contribution in [0, 0.1) is 0 Å². The quantitative estimate of drug-likeness (QED) is 0.552. The van der Waals surface area contributed by atoms with Crippen LogP contribution < -0.4 is 10.7 Å². The molecule has 22 heavy (non-hydrogen) atoms. The maximum absolute atomic E-state index is 5.33. The largest absolute Gasteiger partial charge is 0.379 e. The third kappa shape index (κ3) is 6.56. The first-order chi connectivity index (χ1) is 10.8. The first-order valence-electron chi connectivity index (χ1n) is 8.39. The standard InChI is InChI=1S/C15H29N5OS/c1-2-6-19-7-3-14(4-8-19)17-18-15(22)16-5-9-20-10-12-21-13-11-20/h2-13H2,1H3,(H2,16,18,22). The van der Waals surface area contributed by atoms with Crippen LogP contribution in [0.4, 0.5) is 0 Å². The monoisotopic (exact) mass is 327 g/mol. The van der Waals surface area contributed by atoms with E-state index in [-0.39, 0.29) is 0 Å². The van der Waals surface area contributed by atoms with E-state index in [0.717, 1.165) is 65.3 Å². The van der Waals surface area contributed by atoms with Gasteiger partial charge in [0.1, 0.15) is 0 Å². The van der Waals surface area contributed by atoms with Gasteiger partial charge in [-0.3, -0.25) is 10.3 Å². The number of hydrogen-bond acceptors (Lipinski definition) is 5. The van der Waals surface area contributed by atoms with E-state index in [9.17, 15) is 0 Å². The molecule has 7 heteroatoms. The molecule has 0 aromatic heterocycles. The lowest BCUT2D eigenvalue weighted by atomic mass is 10.1. The third-order valence-electron chi connectivity index (χ3n) is 4.11. The summed E-state index contributed by atoms with van der Waals surface area (Å²) in [7, 11) is 0. The lowest BCUT2D eigenvalue weighted by Crippen LogP contribution is -2.43. The molecule has 2 N–H and O–H groups in total. The van der Waals surface area contributed by atoms with Crippen molar-refractivity contribution in [1.82, 2.24) is 20.5 Å². The highest BCUT2D eigenvalue weighted by molar-refractivity contribution is 7.80. The normalized spacial score (nSPS) is 20.7. The second-order valence-electron chi connectivity index (χ2n) is 5.84. The highest BCUT2D eigenvalue weighted by atomic mass is 32.1. The highest BCUT2D eigenvalue weighted by Crippen LogP contribution is 2.07. The Morgan fingerprint density at radius 3 is 2.50 bits per heavy atom. The van der Waals surface area contributed by atoms with Gasteiger partial charge in [-0.25, -0.2) is 0 Å². The Kier molecular flexibility index (Phi) is 8.07. The van der Waals surface area contributed by atoms with Gasteiger partial charge in [-0.05, 0) is 25.2 Å². The molecule has 0 bridgehead atoms. The zero-order chi connectivity index (χ0) is 15.6. The number of thiocarbonyl (C=S) groups is 1. The van der Waals surface area contributed by atoms with Gasteiger partial charge in [0.2, 0.25) is 0 Å². The summed E-state index contributed by atoms with van der Waals surface area (Å²) in [6.07, 6.45) is 3.31. The van der Waals surface area contributed by atoms with Gasteiger partial charge in [0.05, 0.1) is 13.2 Å². The van der Waals surface area contributed by atoms with E-state index in [1.54, 1.807) is 0 Å². The van der Waals surface area contributed by atoms with E-state index < -0.39 is 0 Å². The lowest BCUT2D eigenvalue weighted by molar-refractivity contribution is 0.0389. The number of ether oxygens (including phenoxy) is 1. The van der Waals surface area contributed by atoms with Crippen molar-refractivity contribution in [3.63, 3.8) is 0 Å². The summed E-state index contributed by atoms with van der Waals surface area (Å²) >= 11 is 5.27. The molecule has 0 atom stereocenters. The summed E-state index contributed by atoms with van der Waals surface area (Å²) in [6.45, 7) is 11.2. The number of likely N-dealkylation sites (tertiary alicyclic amines) is 1. The molecule has 0 aliphatic carbocycles. The first-order valence-corrected chi connectivity index (χ1v) is 8.80. The Morgan fingerprint density at radius 1 is 1.14 bits per heavy atom. The molecule has 2 aliphatic heterocycles. The van der Waals surface area contributed by atoms with Gasteiger partial charge in [0.25, 0.3) is 0 Å². The average molecular weight is 327 g/mol. The van der Waals surface area contributed by atoms with Crippen molar-refractivity contribution in [2.75, 3.05) is 59.0 Å². The molecule has 0 radical (unpaired) electrons. The molecule has 0 spiro atoms. The van der Waals surface area contributed by atoms with Crippen LogP contribution >= 0.6 is 12.2 Å². The molecule has 0 unspecified atom stereocenters. The van der Waals surface area contributed by atoms with Crippen LogP contribution in [-0.4, -0.2) is 79.7 Å². The Morgan fingerprint density at radius 2 is 1.82 bits per heavy atom. The van der Waals surface area contributed by atoms with E-state index in [1.165, 1.54) is 18.7 Å². The van der Waals surface area contributed by atoms with E-state index in [2.05, 4.69) is 32.6 Å². The zero-order valence-corrected chi connectivity index (χ0v) is 14.5. The average Bonchev–Trinajstić information content (AvgIpc) is 2.55. The van der Waals surface area contributed by atoms with Crippen molar-refractivity contribution in [3.8, 4) is 0 Å². The lowest BCUT2D eigenvalue weighted by Gasteiger charge is -2.27. The molecule has 2 heterocycles. The van der Waals surface area contributed by atoms with Crippen molar-refractivity contribution in [2.24, 2.45) is 5.10 Å². The van der Waals surface area contributed by atoms with Crippen LogP contribution in [0.5, 0.6) is 0 Å². The summed E-state index contributed by atoms with van der Waals surface area (Å²) in [6, 6.07) is 0. The van der Waals surface area contributed by atoms with Gasteiger partial charge in [-0.15, -0.1) is 0 Å². The topological polar surface area (TPSA) is 52.1 Å². The highest BCUT2D eigenvalue weighted by Gasteiger charge is 2.14. The number of piperidine rings is 1. The van der Waals surface area contributed by atoms with Crippen LogP contribution in [-0.2, 0) is 4.74 Å². The second kappa shape index (κ2) is 10.1. The number of morpholine rings is 1. The molecule has 0 saturated carbocycles. The van der Waals surface area contributed by atoms with Crippen molar-refractivity contribution < 1.29 is 4.74 Å². The smallest absolute Gasteiger partial charge is 0.186 e. The van der Waals surface area contributed by atoms with Crippen LogP contribution in [0.1, 0.15) is 26.2 Å². The number of hydrogen-bond donors (Lipinski definition) is 2. The predicted octanol–water partition coefficient (Wildman–Crippen LogP) is 0.645. The molecule has 126 valence electrons. The minimum Gasteiger partial charge on any atom is -0.379 e. The fourth-order valence-corrected chi connectivity index (χ4v) is 2.93. The SMILES string of the molecule is CCCN1CCC(=NNC(=S)NCCN2CCOCC2)CC1. The van der Waals surface area contributed by atoms with Crippen LogP contribution in [0.2, 0.25) is 0 Å². The number of nitrogens with one attached hydrogen (secondary N) is 2. The molecule has 2 rings (SSSR count). The molecule has 0 amide bonds. The summed E-state index contributed by atoms with van der Waals surface area (Å²) in [5.41, 5.74) is 4.21. The molecule has 0 aromatic rings. The van der Waals surface area contributed by atoms with E-state index in [0.29, 0.717) is 5.11 Å². The van der Waals surface area contributed by atoms with Gasteiger partial charge in [-0.2, -0.15) is 5.10 Å². The number of hydrazone groups is 1. The zero-order valence-electron chi connectivity index (χ0n) is 13.6. The Labute approximate surface area is 139 Å². The molecule has 6 nitrogen and oxygen atoms in total. The fourth-order valence-electron chi connectivity index (χ4n) is 2.78. The Bertz CT molecular complexity index is 361. The molecule has 2 aliphatic rings. The maximum Gasteiger partial charge on any atom is 0.186 e. The van der Waals surface area contributed by atoms with Crippen molar-refractivity contribution >= 4 is 23.0 Å². The van der Waals surface area contributed by atoms with Gasteiger partial charge in [0, 0.05) is 57.8 Å². The van der Waals surface area contributed by atoms with Gasteiger partial charge < -0.3 is 15.0 Å². The third-order valence-corrected chi connectivity index (χ3v) is 4.34. The summed E-state index contributed by atoms with van der Waals surface area (Å²) in [5.74, 6) is 0. The van der Waals surface area contributed by atoms with E-state index >= 15 is 0 Å². The van der Waals surface area contributed by atoms with Crippen molar-refractivity contribution in [1.29, 1.82) is 0 Å². The van der Waals surface area contributed by atoms with Crippen LogP contribution in [0.25, 0.3) is 0 Å². The van der Waals surface area contributed by atoms with Gasteiger partial charge >= 0.3 is 0 Å². The van der Waals surface area contributed by atoms with Gasteiger partial charge in [0.15, 0.2) is 5.11 Å². The maximum atomic E-state index is 5.33. The molecule has 0 aromatic carbocycles. The van der Waals surface area contributed by atoms with Gasteiger partial charge in [-0.1, -0.05) is 6.92 Å². The first kappa shape index (κ1) is 17.6. The molecular formula is C15H29N5OS. The molecule has 2 saturated heterocycles. The molecule has 2 fully saturated rings. The van der Waals surface area contributed by atoms with E-state index in [4.69, 9.17) is 17.0 Å². The summed E-state index contributed by atoms with van der Waals surface area (Å²) in [5, 5.41) is 8.29. The van der Waals surface area contributed by atoms with Crippen LogP contribution in [0.15, 0.2) is 5.10 Å². The minimum atomic E-state index is 0.622. The Balaban J connectivity index is 1.56. The van der Waals surface area contributed by atoms with Crippen molar-refractivity contribution in [2.45, 2.75) is 26.2 Å². The Hall–Kier alpha value is -0.760. The van der Waals surface area contributed by atoms with Crippen LogP contribution in [0.3, 0.4) is 0 Å². The number of nitrogens with zero attached hydrogens (tertiary/aromatic N) is 3. The molecular weight excluding hydrogens is 298 g/mol. The summed E-state index contributed by atoms with van der Waals surface area (Å²) < 4.78 is 5.33. The summed E-state index contributed by atoms with van der Waals surface area (Å²) in [4.78, 5) is 4.88. The van der Waals surface area contributed by atoms with E-state index in [1.807, 2.05) is 0 Å². The fraction of sp³-hybridized carbons (Fsp3) is 0.867. The second-order valence-corrected chi connectivity index (χ2v) is 6.25. The predicted molar refractivity (Wildman–Crippen MR) is 94.4 cm³/mol. The minimum absolute atomic E-state index is 0.622. The number of rotatable bonds is 6. The van der Waals surface area contributed by atoms with Crippen molar-refractivity contribution in [3.05, 3.63) is 0 Å².